The van der Waals surface area contributed by atoms with Crippen molar-refractivity contribution in [1.29, 1.82) is 5.53 Å². The number of primary sulfonamides is 2. The lowest BCUT2D eigenvalue weighted by atomic mass is 10.3. The quantitative estimate of drug-likeness (QED) is 0.00917. The summed E-state index contributed by atoms with van der Waals surface area (Å²) in [6.45, 7) is 11.8. The zero-order valence-corrected chi connectivity index (χ0v) is 69.1. The average Bonchev–Trinajstić information content (AvgIpc) is 0.704. The fourth-order valence-corrected chi connectivity index (χ4v) is 14.2. The van der Waals surface area contributed by atoms with Gasteiger partial charge in [0.1, 0.15) is 46.0 Å². The van der Waals surface area contributed by atoms with Crippen LogP contribution >= 0.6 is 24.0 Å². The maximum Gasteiger partial charge on any atom is 0.264 e. The highest BCUT2D eigenvalue weighted by molar-refractivity contribution is 14.0. The van der Waals surface area contributed by atoms with Gasteiger partial charge in [0.25, 0.3) is 40.1 Å². The molecule has 8 aromatic carbocycles. The molecule has 0 saturated heterocycles. The van der Waals surface area contributed by atoms with E-state index in [4.69, 9.17) is 62.4 Å². The van der Waals surface area contributed by atoms with Crippen LogP contribution in [0.3, 0.4) is 0 Å². The summed E-state index contributed by atoms with van der Waals surface area (Å²) in [6, 6.07) is 42.6. The number of nitrogens with zero attached hydrogens (tertiary/aromatic N) is 13. The van der Waals surface area contributed by atoms with Crippen molar-refractivity contribution in [1.82, 2.24) is 9.44 Å². The molecule has 0 aliphatic rings. The first-order valence-corrected chi connectivity index (χ1v) is 43.6. The average molecular weight is 1820 g/mol. The van der Waals surface area contributed by atoms with Crippen molar-refractivity contribution >= 4 is 104 Å². The zero-order valence-electron chi connectivity index (χ0n) is 60.2. The maximum absolute atomic E-state index is 12.5. The van der Waals surface area contributed by atoms with Crippen molar-refractivity contribution in [2.24, 2.45) is 28.4 Å². The van der Waals surface area contributed by atoms with Gasteiger partial charge in [-0.3, -0.25) is 0 Å². The molecule has 7 N–H and O–H groups in total. The van der Waals surface area contributed by atoms with Crippen molar-refractivity contribution < 1.29 is 86.3 Å². The van der Waals surface area contributed by atoms with Gasteiger partial charge in [0.2, 0.25) is 40.1 Å². The van der Waals surface area contributed by atoms with Gasteiger partial charge in [0.15, 0.2) is 0 Å². The van der Waals surface area contributed by atoms with Crippen LogP contribution in [0.5, 0.6) is 46.0 Å². The van der Waals surface area contributed by atoms with Crippen LogP contribution in [-0.4, -0.2) is 79.4 Å². The molecule has 2 unspecified atom stereocenters. The van der Waals surface area contributed by atoms with Crippen molar-refractivity contribution in [2.45, 2.75) is 118 Å². The van der Waals surface area contributed by atoms with E-state index in [0.717, 1.165) is 12.8 Å². The first-order valence-electron chi connectivity index (χ1n) is 31.8. The summed E-state index contributed by atoms with van der Waals surface area (Å²) >= 11 is 0. The number of sulfonamides is 8. The number of halogens is 1. The van der Waals surface area contributed by atoms with Crippen molar-refractivity contribution in [3.05, 3.63) is 278 Å². The molecule has 0 bridgehead atoms. The van der Waals surface area contributed by atoms with Crippen LogP contribution in [-0.2, 0) is 80.2 Å². The van der Waals surface area contributed by atoms with Gasteiger partial charge in [0.05, 0.1) is 39.2 Å². The molecule has 8 rings (SSSR count). The summed E-state index contributed by atoms with van der Waals surface area (Å²) in [7, 11) is -31.1. The van der Waals surface area contributed by atoms with E-state index in [0.29, 0.717) is 23.0 Å². The van der Waals surface area contributed by atoms with Crippen LogP contribution in [0.4, 0.5) is 0 Å². The summed E-state index contributed by atoms with van der Waals surface area (Å²) in [5.74, 6) is 2.70. The number of hydrogen-bond acceptors (Lipinski definition) is 21. The van der Waals surface area contributed by atoms with Gasteiger partial charge < -0.3 is 30.0 Å². The maximum atomic E-state index is 12.5. The van der Waals surface area contributed by atoms with Gasteiger partial charge in [-0.25, -0.2) is 87.1 Å². The Labute approximate surface area is 670 Å². The lowest BCUT2D eigenvalue weighted by Crippen LogP contribution is -2.31. The number of ether oxygens (including phenoxy) is 4. The minimum atomic E-state index is -4.08. The van der Waals surface area contributed by atoms with Gasteiger partial charge in [-0.1, -0.05) is 64.2 Å². The number of benzene rings is 8. The van der Waals surface area contributed by atoms with E-state index in [1.807, 2.05) is 26.0 Å². The number of allylic oxidation sites excluding steroid dienone is 4. The van der Waals surface area contributed by atoms with E-state index < -0.39 is 80.2 Å². The van der Waals surface area contributed by atoms with E-state index in [9.17, 15) is 67.3 Å². The van der Waals surface area contributed by atoms with Gasteiger partial charge in [-0.2, -0.15) is 0 Å². The van der Waals surface area contributed by atoms with Crippen LogP contribution in [0.25, 0.3) is 47.3 Å². The molecule has 0 spiro atoms. The number of azide groups is 4. The van der Waals surface area contributed by atoms with E-state index in [1.54, 1.807) is 50.3 Å². The first-order chi connectivity index (χ1) is 52.7. The highest BCUT2D eigenvalue weighted by Crippen LogP contribution is 2.30. The molecule has 0 aromatic heterocycles. The highest BCUT2D eigenvalue weighted by Gasteiger charge is 2.20. The van der Waals surface area contributed by atoms with Crippen molar-refractivity contribution in [3.8, 4) is 46.0 Å². The molecule has 0 aliphatic heterocycles. The summed E-state index contributed by atoms with van der Waals surface area (Å²) < 4.78 is 225. The van der Waals surface area contributed by atoms with Gasteiger partial charge in [-0.05, 0) is 256 Å². The minimum absolute atomic E-state index is 0. The molecule has 0 amide bonds. The molecular weight excluding hydrogens is 1750 g/mol. The highest BCUT2D eigenvalue weighted by atomic mass is 127. The van der Waals surface area contributed by atoms with Gasteiger partial charge in [-0.15, -0.1) is 24.0 Å². The Bertz CT molecular complexity index is 5200. The number of nitrogens with two attached hydrogens (primary N) is 2. The Hall–Kier alpha value is -10.8. The summed E-state index contributed by atoms with van der Waals surface area (Å²) in [4.78, 5) is 8.37. The number of hydrogen-bond donors (Lipinski definition) is 5. The minimum Gasteiger partial charge on any atom is -0.715 e. The van der Waals surface area contributed by atoms with E-state index in [1.165, 1.54) is 183 Å². The molecule has 0 aliphatic carbocycles. The van der Waals surface area contributed by atoms with Gasteiger partial charge in [0, 0.05) is 49.8 Å². The second kappa shape index (κ2) is 46.9. The van der Waals surface area contributed by atoms with Crippen LogP contribution in [0.1, 0.15) is 67.2 Å². The van der Waals surface area contributed by atoms with Crippen LogP contribution in [0.2, 0.25) is 0 Å². The Kier molecular flexibility index (Phi) is 40.8. The molecule has 8 aromatic rings. The van der Waals surface area contributed by atoms with Crippen molar-refractivity contribution in [3.63, 3.8) is 0 Å². The third kappa shape index (κ3) is 34.4. The first kappa shape index (κ1) is 98.3. The molecule has 38 nitrogen and oxygen atoms in total. The molecule has 0 fully saturated rings. The zero-order chi connectivity index (χ0) is 84.0. The Morgan fingerprint density at radius 2 is 0.478 bits per heavy atom. The predicted octanol–water partition coefficient (Wildman–Crippen LogP) is 16.0. The van der Waals surface area contributed by atoms with Crippen molar-refractivity contribution in [2.75, 3.05) is 0 Å². The molecular formula is C66H74IN18O20S8-. The molecule has 2 atom stereocenters. The normalized spacial score (nSPS) is 12.0. The third-order valence-corrected chi connectivity index (χ3v) is 22.9. The molecule has 0 radical (unpaired) electrons. The Morgan fingerprint density at radius 1 is 0.319 bits per heavy atom. The molecule has 0 heterocycles. The number of nitrogens with one attached hydrogen (secondary N) is 3. The molecule has 47 heteroatoms. The Morgan fingerprint density at radius 3 is 0.628 bits per heavy atom. The van der Waals surface area contributed by atoms with E-state index in [2.05, 4.69) is 73.2 Å². The predicted molar refractivity (Wildman–Crippen MR) is 430 cm³/mol. The van der Waals surface area contributed by atoms with Crippen LogP contribution < -0.4 is 38.7 Å². The lowest BCUT2D eigenvalue weighted by Gasteiger charge is -2.12. The number of rotatable bonds is 30. The third-order valence-electron chi connectivity index (χ3n) is 13.2. The topological polar surface area (TPSA) is 627 Å². The standard InChI is InChI=1S/C24H32N2O5S2.2C12H8N6O5S2.C12H12N2O5S2.C6H12.HI.HN2/c1-5-7-9-19(3)25-32(27,28)23-15-11-21(12-16-23)31-22-13-17-24(18-14-22)33(29,30)26-20(4)10-8-6-2;2*13-15-17-24(19,20)11-5-1-9(2-6-11)23-10-3-7-12(8-4-10)25(21,22)18-16-14;13-20(15,16)11-5-1-9(2-6-11)19-10-3-7-12(8-4-10)21(14,17)18;1-3-5-6-4-2;;1-2/h7-20,25-26H,5-6H2,1-4H3;2*1-8H;1-8H,(H2,13,15,16)(H2,14,17,18);5-6H,3-4H2,1-2H3;1H;1H/q;;;;;;-1. The summed E-state index contributed by atoms with van der Waals surface area (Å²) in [6.07, 6.45) is 15.8. The van der Waals surface area contributed by atoms with Gasteiger partial charge >= 0.3 is 0 Å². The molecule has 604 valence electrons. The Balaban J connectivity index is 0.000000498. The monoisotopic (exact) mass is 1820 g/mol. The second-order valence-corrected chi connectivity index (χ2v) is 34.5. The molecule has 0 saturated carbocycles. The summed E-state index contributed by atoms with van der Waals surface area (Å²) in [5.41, 5.74) is 43.8. The molecule has 113 heavy (non-hydrogen) atoms. The largest absolute Gasteiger partial charge is 0.715 e. The lowest BCUT2D eigenvalue weighted by molar-refractivity contribution is 0.481. The fraction of sp³-hybridized carbons (Fsp3) is 0.182. The summed E-state index contributed by atoms with van der Waals surface area (Å²) in [5, 5.41) is 9.96. The van der Waals surface area contributed by atoms with Crippen LogP contribution in [0.15, 0.2) is 288 Å². The smallest absolute Gasteiger partial charge is 0.264 e. The fourth-order valence-electron chi connectivity index (χ4n) is 8.13. The van der Waals surface area contributed by atoms with Crippen LogP contribution in [0, 0.1) is 5.53 Å². The van der Waals surface area contributed by atoms with E-state index >= 15 is 0 Å². The SMILES string of the molecule is CCC=CC(C)NS(=O)(=O)c1ccc(Oc2ccc(S(=O)(=O)NC(C)C=CCC)cc2)cc1.CCC=CCC.I.NS(=O)(=O)c1ccc(Oc2ccc(S(N)(=O)=O)cc2)cc1.[N-]=N.[N-]=[N+]=NS(=O)(=O)c1ccc(Oc2ccc(S(=O)(=O)N=[N+]=[N-])cc2)cc1.[N-]=[N+]=NS(=O)(=O)c1ccc(Oc2ccc(S(=O)(=O)N=[N+]=[N-])cc2)cc1. The van der Waals surface area contributed by atoms with E-state index in [-0.39, 0.29) is 98.2 Å². The second-order valence-electron chi connectivity index (χ2n) is 21.6.